The number of carbonyl (C=O) groups is 6. The van der Waals surface area contributed by atoms with Gasteiger partial charge in [-0.25, -0.2) is 28.8 Å². The third kappa shape index (κ3) is 58.4. The van der Waals surface area contributed by atoms with E-state index in [-0.39, 0.29) is 83.5 Å². The summed E-state index contributed by atoms with van der Waals surface area (Å²) in [6.45, 7) is -3.38. The Morgan fingerprint density at radius 3 is 0.552 bits per heavy atom. The van der Waals surface area contributed by atoms with Crippen molar-refractivity contribution in [1.29, 1.82) is 0 Å². The molecule has 164 valence electrons. The normalized spacial score (nSPS) is 8.28. The van der Waals surface area contributed by atoms with E-state index in [0.717, 1.165) is 0 Å². The maximum absolute atomic E-state index is 9.66. The summed E-state index contributed by atoms with van der Waals surface area (Å²) < 4.78 is 12.5. The number of hydrogen-bond acceptors (Lipinski definition) is 9. The molecule has 0 saturated carbocycles. The van der Waals surface area contributed by atoms with Crippen molar-refractivity contribution in [2.75, 3.05) is 39.6 Å². The van der Waals surface area contributed by atoms with E-state index in [2.05, 4.69) is 14.2 Å². The van der Waals surface area contributed by atoms with Gasteiger partial charge < -0.3 is 44.8 Å². The third-order valence-corrected chi connectivity index (χ3v) is 1.35. The molecule has 0 bridgehead atoms. The first-order valence-corrected chi connectivity index (χ1v) is 6.42. The second kappa shape index (κ2) is 27.5. The molecule has 0 aromatic carbocycles. The van der Waals surface area contributed by atoms with Gasteiger partial charge in [-0.2, -0.15) is 0 Å². The fourth-order valence-corrected chi connectivity index (χ4v) is 0.677. The predicted molar refractivity (Wildman–Crippen MR) is 78.3 cm³/mol. The van der Waals surface area contributed by atoms with Gasteiger partial charge >= 0.3 is 35.8 Å². The molecule has 0 aliphatic heterocycles. The van der Waals surface area contributed by atoms with E-state index in [1.54, 1.807) is 0 Å². The second-order valence-corrected chi connectivity index (χ2v) is 3.84. The van der Waals surface area contributed by atoms with Crippen molar-refractivity contribution >= 4 is 35.8 Å². The first kappa shape index (κ1) is 39.0. The molecular weight excluding hydrogens is 664 g/mol. The topological polar surface area (TPSA) is 251 Å². The van der Waals surface area contributed by atoms with E-state index in [1.165, 1.54) is 0 Å². The summed E-state index contributed by atoms with van der Waals surface area (Å²) in [5, 5.41) is 47.5. The van der Waals surface area contributed by atoms with Crippen molar-refractivity contribution in [2.45, 2.75) is 0 Å². The summed E-state index contributed by atoms with van der Waals surface area (Å²) in [6.07, 6.45) is 0. The molecule has 0 aromatic heterocycles. The minimum absolute atomic E-state index is 0. The molecule has 0 rings (SSSR count). The molecule has 15 nitrogen and oxygen atoms in total. The molecule has 0 atom stereocenters. The molecule has 0 spiro atoms. The molecule has 0 radical (unpaired) electrons. The van der Waals surface area contributed by atoms with Crippen LogP contribution in [0.5, 0.6) is 0 Å². The average molecular weight is 682 g/mol. The Labute approximate surface area is 230 Å². The molecular formula is C12H18Ce2O15. The van der Waals surface area contributed by atoms with Gasteiger partial charge in [0.15, 0.2) is 0 Å². The summed E-state index contributed by atoms with van der Waals surface area (Å²) >= 11 is 0. The maximum Gasteiger partial charge on any atom is 0.329 e. The van der Waals surface area contributed by atoms with Crippen LogP contribution in [0.3, 0.4) is 0 Å². The van der Waals surface area contributed by atoms with Crippen LogP contribution in [0.1, 0.15) is 0 Å². The predicted octanol–water partition coefficient (Wildman–Crippen LogP) is -2.48. The van der Waals surface area contributed by atoms with E-state index in [0.29, 0.717) is 0 Å². The molecule has 17 heteroatoms. The fourth-order valence-electron chi connectivity index (χ4n) is 0.677. The number of rotatable bonds is 12. The van der Waals surface area contributed by atoms with Crippen LogP contribution < -0.4 is 0 Å². The summed E-state index contributed by atoms with van der Waals surface area (Å²) in [7, 11) is 0. The Morgan fingerprint density at radius 1 is 0.379 bits per heavy atom. The Morgan fingerprint density at radius 2 is 0.483 bits per heavy atom. The Hall–Kier alpha value is -0.547. The number of ether oxygens (including phenoxy) is 3. The van der Waals surface area contributed by atoms with Gasteiger partial charge in [-0.1, -0.05) is 0 Å². The Balaban J connectivity index is -0.0000000960. The third-order valence-electron chi connectivity index (χ3n) is 1.35. The molecule has 0 aliphatic carbocycles. The van der Waals surface area contributed by atoms with Crippen molar-refractivity contribution in [3.05, 3.63) is 0 Å². The van der Waals surface area contributed by atoms with Crippen LogP contribution in [0, 0.1) is 83.5 Å². The van der Waals surface area contributed by atoms with Crippen LogP contribution in [0.15, 0.2) is 0 Å². The van der Waals surface area contributed by atoms with Crippen molar-refractivity contribution < 1.29 is 157 Å². The summed E-state index contributed by atoms with van der Waals surface area (Å²) in [5.41, 5.74) is 0. The van der Waals surface area contributed by atoms with Crippen LogP contribution in [0.25, 0.3) is 0 Å². The first-order chi connectivity index (χ1) is 12.4. The SMILES string of the molecule is O=C(O)COCC(=O)O.O=C(O)COCC(=O)O.O=C(O)COCC(=O)O.[Ce].[Ce]. The number of aliphatic carboxylic acids is 6. The van der Waals surface area contributed by atoms with E-state index in [4.69, 9.17) is 30.6 Å². The van der Waals surface area contributed by atoms with Crippen molar-refractivity contribution in [3.8, 4) is 0 Å². The molecule has 0 aliphatic rings. The van der Waals surface area contributed by atoms with Crippen molar-refractivity contribution in [3.63, 3.8) is 0 Å². The van der Waals surface area contributed by atoms with Crippen LogP contribution in [-0.2, 0) is 43.0 Å². The molecule has 0 aromatic rings. The summed E-state index contributed by atoms with van der Waals surface area (Å²) in [6, 6.07) is 0. The van der Waals surface area contributed by atoms with Gasteiger partial charge in [0.2, 0.25) is 0 Å². The largest absolute Gasteiger partial charge is 0.480 e. The summed E-state index contributed by atoms with van der Waals surface area (Å²) in [4.78, 5) is 58.0. The quantitative estimate of drug-likeness (QED) is 0.125. The number of carboxylic acid groups (broad SMARTS) is 6. The molecule has 0 saturated heterocycles. The smallest absolute Gasteiger partial charge is 0.329 e. The monoisotopic (exact) mass is 682 g/mol. The van der Waals surface area contributed by atoms with Crippen LogP contribution in [0.2, 0.25) is 0 Å². The Kier molecular flexibility index (Phi) is 36.9. The maximum atomic E-state index is 9.66. The molecule has 0 amide bonds. The average Bonchev–Trinajstić information content (AvgIpc) is 2.46. The molecule has 6 N–H and O–H groups in total. The first-order valence-electron chi connectivity index (χ1n) is 6.42. The zero-order valence-electron chi connectivity index (χ0n) is 14.6. The van der Waals surface area contributed by atoms with Crippen molar-refractivity contribution in [2.24, 2.45) is 0 Å². The van der Waals surface area contributed by atoms with Gasteiger partial charge in [0.25, 0.3) is 0 Å². The number of hydrogen-bond donors (Lipinski definition) is 6. The fraction of sp³-hybridized carbons (Fsp3) is 0.500. The van der Waals surface area contributed by atoms with Gasteiger partial charge in [0.05, 0.1) is 0 Å². The van der Waals surface area contributed by atoms with Crippen LogP contribution >= 0.6 is 0 Å². The minimum atomic E-state index is -1.17. The Bertz CT molecular complexity index is 394. The molecule has 0 unspecified atom stereocenters. The zero-order valence-corrected chi connectivity index (χ0v) is 20.9. The molecule has 0 heterocycles. The van der Waals surface area contributed by atoms with Crippen LogP contribution in [0.4, 0.5) is 0 Å². The van der Waals surface area contributed by atoms with Crippen molar-refractivity contribution in [1.82, 2.24) is 0 Å². The van der Waals surface area contributed by atoms with Gasteiger partial charge in [-0.15, -0.1) is 0 Å². The second-order valence-electron chi connectivity index (χ2n) is 3.84. The van der Waals surface area contributed by atoms with Crippen LogP contribution in [-0.4, -0.2) is 106 Å². The summed E-state index contributed by atoms with van der Waals surface area (Å²) in [5.74, 6) is -7.02. The molecule has 29 heavy (non-hydrogen) atoms. The van der Waals surface area contributed by atoms with E-state index < -0.39 is 75.5 Å². The van der Waals surface area contributed by atoms with E-state index in [9.17, 15) is 28.8 Å². The number of carboxylic acids is 6. The van der Waals surface area contributed by atoms with Gasteiger partial charge in [-0.3, -0.25) is 0 Å². The van der Waals surface area contributed by atoms with E-state index >= 15 is 0 Å². The molecule has 0 fully saturated rings. The van der Waals surface area contributed by atoms with Gasteiger partial charge in [0, 0.05) is 83.5 Å². The standard InChI is InChI=1S/3C4H6O5.2Ce/c3*5-3(6)1-9-2-4(7)8;;/h3*1-2H2,(H,5,6)(H,7,8);;. The van der Waals surface area contributed by atoms with E-state index in [1.807, 2.05) is 0 Å². The van der Waals surface area contributed by atoms with Gasteiger partial charge in [0.1, 0.15) is 39.6 Å². The zero-order chi connectivity index (χ0) is 21.8. The van der Waals surface area contributed by atoms with Gasteiger partial charge in [-0.05, 0) is 0 Å². The minimum Gasteiger partial charge on any atom is -0.480 e.